The van der Waals surface area contributed by atoms with E-state index in [1.165, 1.54) is 17.7 Å². The van der Waals surface area contributed by atoms with Crippen LogP contribution in [0.25, 0.3) is 0 Å². The van der Waals surface area contributed by atoms with Crippen LogP contribution in [0.2, 0.25) is 5.02 Å². The van der Waals surface area contributed by atoms with Crippen LogP contribution in [0.1, 0.15) is 30.9 Å². The van der Waals surface area contributed by atoms with Crippen molar-refractivity contribution in [1.29, 1.82) is 0 Å². The molecule has 0 aliphatic carbocycles. The fourth-order valence-corrected chi connectivity index (χ4v) is 5.41. The van der Waals surface area contributed by atoms with Crippen LogP contribution in [0, 0.1) is 5.92 Å². The summed E-state index contributed by atoms with van der Waals surface area (Å²) in [6, 6.07) is 6.64. The summed E-state index contributed by atoms with van der Waals surface area (Å²) in [5.41, 5.74) is 1.40. The summed E-state index contributed by atoms with van der Waals surface area (Å²) in [5.74, 6) is 3.00. The van der Waals surface area contributed by atoms with Gasteiger partial charge in [0.1, 0.15) is 0 Å². The summed E-state index contributed by atoms with van der Waals surface area (Å²) in [6.45, 7) is 0.883. The number of hydrogen-bond donors (Lipinski definition) is 1. The summed E-state index contributed by atoms with van der Waals surface area (Å²) in [5, 5.41) is 4.29. The highest BCUT2D eigenvalue weighted by Gasteiger charge is 2.42. The zero-order valence-corrected chi connectivity index (χ0v) is 15.4. The SMILES string of the molecule is CNC(c1ccc(Br)c(Cl)c1)C1CCOC2(CCSC2)C1. The van der Waals surface area contributed by atoms with Crippen molar-refractivity contribution in [2.45, 2.75) is 30.9 Å². The van der Waals surface area contributed by atoms with Gasteiger partial charge in [-0.2, -0.15) is 11.8 Å². The lowest BCUT2D eigenvalue weighted by Crippen LogP contribution is -2.43. The van der Waals surface area contributed by atoms with E-state index in [-0.39, 0.29) is 5.60 Å². The van der Waals surface area contributed by atoms with Gasteiger partial charge in [0.25, 0.3) is 0 Å². The predicted molar refractivity (Wildman–Crippen MR) is 94.3 cm³/mol. The molecule has 2 aliphatic heterocycles. The second-order valence-corrected chi connectivity index (χ2v) is 8.39. The number of hydrogen-bond acceptors (Lipinski definition) is 3. The molecule has 21 heavy (non-hydrogen) atoms. The summed E-state index contributed by atoms with van der Waals surface area (Å²) in [4.78, 5) is 0. The lowest BCUT2D eigenvalue weighted by atomic mass is 9.79. The molecule has 3 rings (SSSR count). The van der Waals surface area contributed by atoms with Crippen molar-refractivity contribution < 1.29 is 4.74 Å². The van der Waals surface area contributed by atoms with Crippen LogP contribution in [-0.2, 0) is 4.74 Å². The molecule has 3 atom stereocenters. The molecule has 2 fully saturated rings. The molecule has 1 spiro atoms. The Labute approximate surface area is 144 Å². The fraction of sp³-hybridized carbons (Fsp3) is 0.625. The molecule has 1 N–H and O–H groups in total. The maximum absolute atomic E-state index is 6.27. The highest BCUT2D eigenvalue weighted by molar-refractivity contribution is 9.10. The molecule has 5 heteroatoms. The van der Waals surface area contributed by atoms with Gasteiger partial charge < -0.3 is 10.1 Å². The van der Waals surface area contributed by atoms with Crippen molar-refractivity contribution in [3.63, 3.8) is 0 Å². The van der Waals surface area contributed by atoms with Gasteiger partial charge >= 0.3 is 0 Å². The van der Waals surface area contributed by atoms with E-state index in [2.05, 4.69) is 33.4 Å². The van der Waals surface area contributed by atoms with Crippen LogP contribution in [0.15, 0.2) is 22.7 Å². The summed E-state index contributed by atoms with van der Waals surface area (Å²) in [7, 11) is 2.05. The van der Waals surface area contributed by atoms with Gasteiger partial charge in [0.05, 0.1) is 10.6 Å². The number of ether oxygens (including phenoxy) is 1. The van der Waals surface area contributed by atoms with Crippen molar-refractivity contribution in [3.05, 3.63) is 33.3 Å². The fourth-order valence-electron chi connectivity index (χ4n) is 3.59. The average Bonchev–Trinajstić information content (AvgIpc) is 2.91. The van der Waals surface area contributed by atoms with E-state index in [9.17, 15) is 0 Å². The molecule has 0 radical (unpaired) electrons. The van der Waals surface area contributed by atoms with Crippen molar-refractivity contribution >= 4 is 39.3 Å². The number of rotatable bonds is 3. The topological polar surface area (TPSA) is 21.3 Å². The van der Waals surface area contributed by atoms with Crippen LogP contribution in [-0.4, -0.2) is 30.8 Å². The molecular formula is C16H21BrClNOS. The normalized spacial score (nSPS) is 30.7. The molecule has 0 saturated carbocycles. The smallest absolute Gasteiger partial charge is 0.0783 e. The van der Waals surface area contributed by atoms with Crippen LogP contribution >= 0.6 is 39.3 Å². The molecule has 116 valence electrons. The molecule has 2 aliphatic rings. The zero-order chi connectivity index (χ0) is 14.9. The minimum absolute atomic E-state index is 0.127. The second kappa shape index (κ2) is 6.79. The maximum atomic E-state index is 6.27. The largest absolute Gasteiger partial charge is 0.374 e. The van der Waals surface area contributed by atoms with Gasteiger partial charge in [-0.1, -0.05) is 17.7 Å². The molecular weight excluding hydrogens is 370 g/mol. The van der Waals surface area contributed by atoms with Crippen LogP contribution in [0.5, 0.6) is 0 Å². The van der Waals surface area contributed by atoms with E-state index in [0.717, 1.165) is 34.7 Å². The van der Waals surface area contributed by atoms with Gasteiger partial charge in [0, 0.05) is 22.9 Å². The first kappa shape index (κ1) is 16.1. The van der Waals surface area contributed by atoms with E-state index in [1.807, 2.05) is 24.9 Å². The lowest BCUT2D eigenvalue weighted by molar-refractivity contribution is -0.0850. The third kappa shape index (κ3) is 3.45. The number of nitrogens with one attached hydrogen (secondary N) is 1. The molecule has 2 nitrogen and oxygen atoms in total. The van der Waals surface area contributed by atoms with Crippen molar-refractivity contribution in [3.8, 4) is 0 Å². The van der Waals surface area contributed by atoms with E-state index in [4.69, 9.17) is 16.3 Å². The van der Waals surface area contributed by atoms with Gasteiger partial charge in [0.15, 0.2) is 0 Å². The highest BCUT2D eigenvalue weighted by Crippen LogP contribution is 2.44. The van der Waals surface area contributed by atoms with Crippen molar-refractivity contribution in [1.82, 2.24) is 5.32 Å². The third-order valence-electron chi connectivity index (χ3n) is 4.68. The first-order chi connectivity index (χ1) is 10.1. The molecule has 3 unspecified atom stereocenters. The van der Waals surface area contributed by atoms with Gasteiger partial charge in [-0.15, -0.1) is 0 Å². The first-order valence-electron chi connectivity index (χ1n) is 7.47. The van der Waals surface area contributed by atoms with Gasteiger partial charge in [0.2, 0.25) is 0 Å². The molecule has 1 aromatic carbocycles. The Morgan fingerprint density at radius 3 is 3.05 bits per heavy atom. The van der Waals surface area contributed by atoms with Gasteiger partial charge in [-0.3, -0.25) is 0 Å². The minimum Gasteiger partial charge on any atom is -0.374 e. The number of thioether (sulfide) groups is 1. The van der Waals surface area contributed by atoms with Crippen molar-refractivity contribution in [2.24, 2.45) is 5.92 Å². The van der Waals surface area contributed by atoms with Crippen LogP contribution in [0.3, 0.4) is 0 Å². The van der Waals surface area contributed by atoms with Crippen LogP contribution in [0.4, 0.5) is 0 Å². The molecule has 0 bridgehead atoms. The predicted octanol–water partition coefficient (Wildman–Crippen LogP) is 4.67. The van der Waals surface area contributed by atoms with Crippen LogP contribution < -0.4 is 5.32 Å². The molecule has 0 amide bonds. The number of benzene rings is 1. The molecule has 0 aromatic heterocycles. The Bertz CT molecular complexity index is 507. The first-order valence-corrected chi connectivity index (χ1v) is 9.80. The summed E-state index contributed by atoms with van der Waals surface area (Å²) >= 11 is 11.8. The monoisotopic (exact) mass is 389 g/mol. The van der Waals surface area contributed by atoms with E-state index < -0.39 is 0 Å². The third-order valence-corrected chi connectivity index (χ3v) is 7.14. The Morgan fingerprint density at radius 1 is 1.52 bits per heavy atom. The van der Waals surface area contributed by atoms with Gasteiger partial charge in [-0.05, 0) is 71.6 Å². The maximum Gasteiger partial charge on any atom is 0.0783 e. The Hall–Kier alpha value is 0.260. The standard InChI is InChI=1S/C16H21BrClNOS/c1-19-15(11-2-3-13(17)14(18)8-11)12-4-6-20-16(9-12)5-7-21-10-16/h2-3,8,12,15,19H,4-7,9-10H2,1H3. The summed E-state index contributed by atoms with van der Waals surface area (Å²) in [6.07, 6.45) is 3.47. The zero-order valence-electron chi connectivity index (χ0n) is 12.2. The molecule has 2 heterocycles. The Morgan fingerprint density at radius 2 is 2.38 bits per heavy atom. The molecule has 2 saturated heterocycles. The van der Waals surface area contributed by atoms with E-state index in [0.29, 0.717) is 12.0 Å². The average molecular weight is 391 g/mol. The quantitative estimate of drug-likeness (QED) is 0.810. The Balaban J connectivity index is 1.80. The highest BCUT2D eigenvalue weighted by atomic mass is 79.9. The van der Waals surface area contributed by atoms with Crippen molar-refractivity contribution in [2.75, 3.05) is 25.2 Å². The van der Waals surface area contributed by atoms with E-state index in [1.54, 1.807) is 0 Å². The Kier molecular flexibility index (Phi) is 5.22. The van der Waals surface area contributed by atoms with E-state index >= 15 is 0 Å². The molecule has 1 aromatic rings. The lowest BCUT2D eigenvalue weighted by Gasteiger charge is -2.41. The number of halogens is 2. The minimum atomic E-state index is 0.127. The second-order valence-electron chi connectivity index (χ2n) is 6.03. The van der Waals surface area contributed by atoms with Gasteiger partial charge in [-0.25, -0.2) is 0 Å². The summed E-state index contributed by atoms with van der Waals surface area (Å²) < 4.78 is 7.10.